The van der Waals surface area contributed by atoms with E-state index in [1.807, 2.05) is 35.2 Å². The Morgan fingerprint density at radius 3 is 2.60 bits per heavy atom. The van der Waals surface area contributed by atoms with Gasteiger partial charge in [-0.05, 0) is 18.6 Å². The molecule has 0 aliphatic carbocycles. The Hall–Kier alpha value is -1.84. The van der Waals surface area contributed by atoms with Gasteiger partial charge in [-0.1, -0.05) is 31.5 Å². The first kappa shape index (κ1) is 14.6. The van der Waals surface area contributed by atoms with Crippen LogP contribution in [0, 0.1) is 0 Å². The van der Waals surface area contributed by atoms with Gasteiger partial charge >= 0.3 is 0 Å². The minimum Gasteiger partial charge on any atom is -0.340 e. The second-order valence-corrected chi connectivity index (χ2v) is 5.12. The molecule has 1 aromatic rings. The van der Waals surface area contributed by atoms with Gasteiger partial charge in [0.15, 0.2) is 0 Å². The van der Waals surface area contributed by atoms with Crippen molar-refractivity contribution in [1.29, 1.82) is 0 Å². The van der Waals surface area contributed by atoms with Crippen molar-refractivity contribution in [3.05, 3.63) is 30.3 Å². The molecule has 0 spiro atoms. The van der Waals surface area contributed by atoms with Crippen LogP contribution in [0.3, 0.4) is 0 Å². The lowest BCUT2D eigenvalue weighted by Crippen LogP contribution is -2.35. The van der Waals surface area contributed by atoms with Gasteiger partial charge in [-0.3, -0.25) is 9.59 Å². The van der Waals surface area contributed by atoms with Crippen LogP contribution in [0.15, 0.2) is 30.3 Å². The quantitative estimate of drug-likeness (QED) is 0.846. The number of para-hydroxylation sites is 1. The molecule has 108 valence electrons. The molecule has 0 aromatic heterocycles. The Bertz CT molecular complexity index is 459. The van der Waals surface area contributed by atoms with Crippen LogP contribution >= 0.6 is 0 Å². The number of anilines is 1. The molecule has 1 saturated heterocycles. The predicted molar refractivity (Wildman–Crippen MR) is 79.5 cm³/mol. The monoisotopic (exact) mass is 274 g/mol. The van der Waals surface area contributed by atoms with E-state index in [0.29, 0.717) is 32.5 Å². The second kappa shape index (κ2) is 7.08. The van der Waals surface area contributed by atoms with E-state index in [2.05, 4.69) is 6.92 Å². The second-order valence-electron chi connectivity index (χ2n) is 5.12. The summed E-state index contributed by atoms with van der Waals surface area (Å²) in [5.74, 6) is 0.275. The molecule has 1 aliphatic rings. The summed E-state index contributed by atoms with van der Waals surface area (Å²) in [5, 5.41) is 0. The van der Waals surface area contributed by atoms with Crippen LogP contribution in [-0.4, -0.2) is 36.3 Å². The lowest BCUT2D eigenvalue weighted by Gasteiger charge is -2.22. The number of benzene rings is 1. The Labute approximate surface area is 120 Å². The number of carbonyl (C=O) groups is 2. The fraction of sp³-hybridized carbons (Fsp3) is 0.500. The molecule has 4 nitrogen and oxygen atoms in total. The third kappa shape index (κ3) is 3.59. The molecule has 0 saturated carbocycles. The summed E-state index contributed by atoms with van der Waals surface area (Å²) in [5.41, 5.74) is 0.917. The van der Waals surface area contributed by atoms with E-state index in [-0.39, 0.29) is 11.8 Å². The van der Waals surface area contributed by atoms with Crippen LogP contribution in [0.25, 0.3) is 0 Å². The maximum absolute atomic E-state index is 12.2. The zero-order valence-electron chi connectivity index (χ0n) is 12.0. The molecule has 1 aromatic carbocycles. The van der Waals surface area contributed by atoms with Gasteiger partial charge in [0.05, 0.1) is 0 Å². The van der Waals surface area contributed by atoms with Gasteiger partial charge in [0.2, 0.25) is 11.8 Å². The predicted octanol–water partition coefficient (Wildman–Crippen LogP) is 2.44. The fourth-order valence-corrected chi connectivity index (χ4v) is 2.44. The summed E-state index contributed by atoms with van der Waals surface area (Å²) in [4.78, 5) is 27.9. The molecule has 0 unspecified atom stereocenters. The van der Waals surface area contributed by atoms with Gasteiger partial charge in [-0.25, -0.2) is 0 Å². The van der Waals surface area contributed by atoms with Crippen molar-refractivity contribution < 1.29 is 9.59 Å². The summed E-state index contributed by atoms with van der Waals surface area (Å²) in [6.45, 7) is 3.84. The Morgan fingerprint density at radius 1 is 1.15 bits per heavy atom. The molecule has 4 heteroatoms. The minimum atomic E-state index is 0.0991. The Morgan fingerprint density at radius 2 is 1.90 bits per heavy atom. The zero-order valence-corrected chi connectivity index (χ0v) is 12.0. The number of rotatable bonds is 4. The number of nitrogens with zero attached hydrogens (tertiary/aromatic N) is 2. The highest BCUT2D eigenvalue weighted by Crippen LogP contribution is 2.17. The van der Waals surface area contributed by atoms with Crippen LogP contribution < -0.4 is 4.90 Å². The highest BCUT2D eigenvalue weighted by molar-refractivity contribution is 5.94. The maximum Gasteiger partial charge on any atom is 0.228 e. The van der Waals surface area contributed by atoms with Crippen molar-refractivity contribution in [2.75, 3.05) is 24.5 Å². The number of amides is 2. The molecule has 20 heavy (non-hydrogen) atoms. The number of unbranched alkanes of at least 4 members (excludes halogenated alkanes) is 1. The van der Waals surface area contributed by atoms with Crippen molar-refractivity contribution in [3.63, 3.8) is 0 Å². The smallest absolute Gasteiger partial charge is 0.228 e. The third-order valence-electron chi connectivity index (χ3n) is 3.65. The van der Waals surface area contributed by atoms with Crippen molar-refractivity contribution in [3.8, 4) is 0 Å². The van der Waals surface area contributed by atoms with Crippen molar-refractivity contribution in [2.45, 2.75) is 32.6 Å². The van der Waals surface area contributed by atoms with Crippen LogP contribution in [0.1, 0.15) is 32.6 Å². The average Bonchev–Trinajstić information content (AvgIpc) is 2.68. The first-order valence-electron chi connectivity index (χ1n) is 7.35. The Balaban J connectivity index is 2.00. The molecule has 1 heterocycles. The van der Waals surface area contributed by atoms with Crippen molar-refractivity contribution >= 4 is 17.5 Å². The lowest BCUT2D eigenvalue weighted by molar-refractivity contribution is -0.131. The minimum absolute atomic E-state index is 0.0991. The molecule has 0 N–H and O–H groups in total. The summed E-state index contributed by atoms with van der Waals surface area (Å²) in [7, 11) is 0. The normalized spacial score (nSPS) is 16.1. The number of carbonyl (C=O) groups excluding carboxylic acids is 2. The topological polar surface area (TPSA) is 40.6 Å². The zero-order chi connectivity index (χ0) is 14.4. The van der Waals surface area contributed by atoms with E-state index in [1.54, 1.807) is 4.90 Å². The third-order valence-corrected chi connectivity index (χ3v) is 3.65. The van der Waals surface area contributed by atoms with Crippen molar-refractivity contribution in [2.24, 2.45) is 0 Å². The van der Waals surface area contributed by atoms with Crippen LogP contribution in [-0.2, 0) is 9.59 Å². The molecule has 1 aliphatic heterocycles. The highest BCUT2D eigenvalue weighted by atomic mass is 16.2. The summed E-state index contributed by atoms with van der Waals surface area (Å²) in [6, 6.07) is 9.67. The summed E-state index contributed by atoms with van der Waals surface area (Å²) < 4.78 is 0. The van der Waals surface area contributed by atoms with Crippen LogP contribution in [0.2, 0.25) is 0 Å². The molecule has 0 bridgehead atoms. The summed E-state index contributed by atoms with van der Waals surface area (Å²) >= 11 is 0. The van der Waals surface area contributed by atoms with Gasteiger partial charge in [-0.2, -0.15) is 0 Å². The molecule has 0 atom stereocenters. The van der Waals surface area contributed by atoms with Gasteiger partial charge in [-0.15, -0.1) is 0 Å². The number of hydrogen-bond acceptors (Lipinski definition) is 2. The Kier molecular flexibility index (Phi) is 5.16. The standard InChI is InChI=1S/C16H22N2O2/c1-2-3-9-15(19)17-11-10-16(20)18(13-12-17)14-7-5-4-6-8-14/h4-8H,2-3,9-13H2,1H3. The first-order valence-corrected chi connectivity index (χ1v) is 7.35. The fourth-order valence-electron chi connectivity index (χ4n) is 2.44. The van der Waals surface area contributed by atoms with Crippen LogP contribution in [0.4, 0.5) is 5.69 Å². The lowest BCUT2D eigenvalue weighted by atomic mass is 10.2. The molecule has 2 amide bonds. The molecular formula is C16H22N2O2. The maximum atomic E-state index is 12.2. The van der Waals surface area contributed by atoms with E-state index in [0.717, 1.165) is 18.5 Å². The number of hydrogen-bond donors (Lipinski definition) is 0. The first-order chi connectivity index (χ1) is 9.72. The molecule has 2 rings (SSSR count). The van der Waals surface area contributed by atoms with E-state index in [4.69, 9.17) is 0 Å². The molecular weight excluding hydrogens is 252 g/mol. The van der Waals surface area contributed by atoms with Gasteiger partial charge in [0, 0.05) is 38.2 Å². The van der Waals surface area contributed by atoms with E-state index in [1.165, 1.54) is 0 Å². The summed E-state index contributed by atoms with van der Waals surface area (Å²) in [6.07, 6.45) is 2.95. The SMILES string of the molecule is CCCCC(=O)N1CCC(=O)N(c2ccccc2)CC1. The molecule has 0 radical (unpaired) electrons. The average molecular weight is 274 g/mol. The van der Waals surface area contributed by atoms with Crippen LogP contribution in [0.5, 0.6) is 0 Å². The van der Waals surface area contributed by atoms with E-state index < -0.39 is 0 Å². The largest absolute Gasteiger partial charge is 0.340 e. The van der Waals surface area contributed by atoms with Crippen molar-refractivity contribution in [1.82, 2.24) is 4.90 Å². The van der Waals surface area contributed by atoms with E-state index >= 15 is 0 Å². The van der Waals surface area contributed by atoms with E-state index in [9.17, 15) is 9.59 Å². The van der Waals surface area contributed by atoms with Gasteiger partial charge < -0.3 is 9.80 Å². The molecule has 1 fully saturated rings. The van der Waals surface area contributed by atoms with Gasteiger partial charge in [0.25, 0.3) is 0 Å². The van der Waals surface area contributed by atoms with Gasteiger partial charge in [0.1, 0.15) is 0 Å². The highest BCUT2D eigenvalue weighted by Gasteiger charge is 2.24.